The van der Waals surface area contributed by atoms with Crippen LogP contribution in [0.3, 0.4) is 0 Å². The molecule has 2 aromatic rings. The standard InChI is InChI=1S/C15H16N4O4/c20-13(16-9-12-7-4-8-23-12)10-17-15(22)19-18-14(21)11-5-2-1-3-6-11/h1-8H,9-10H2,(H,16,20)(H,18,21)(H2,17,19,22). The second-order valence-corrected chi connectivity index (χ2v) is 4.48. The summed E-state index contributed by atoms with van der Waals surface area (Å²) in [6.07, 6.45) is 1.50. The topological polar surface area (TPSA) is 112 Å². The number of carbonyl (C=O) groups excluding carboxylic acids is 3. The van der Waals surface area contributed by atoms with Gasteiger partial charge >= 0.3 is 6.03 Å². The number of hydrogen-bond donors (Lipinski definition) is 4. The molecule has 0 saturated carbocycles. The molecule has 120 valence electrons. The summed E-state index contributed by atoms with van der Waals surface area (Å²) in [5.74, 6) is -0.230. The number of nitrogens with one attached hydrogen (secondary N) is 4. The molecular weight excluding hydrogens is 300 g/mol. The maximum atomic E-state index is 11.7. The molecule has 2 rings (SSSR count). The fraction of sp³-hybridized carbons (Fsp3) is 0.133. The number of amides is 4. The van der Waals surface area contributed by atoms with Crippen LogP contribution in [0.1, 0.15) is 16.1 Å². The molecule has 1 aromatic carbocycles. The first-order chi connectivity index (χ1) is 11.1. The van der Waals surface area contributed by atoms with E-state index < -0.39 is 11.9 Å². The summed E-state index contributed by atoms with van der Waals surface area (Å²) in [6.45, 7) is 0.00756. The number of rotatable bonds is 5. The molecule has 0 spiro atoms. The number of hydrogen-bond acceptors (Lipinski definition) is 4. The number of hydrazine groups is 1. The molecule has 0 unspecified atom stereocenters. The largest absolute Gasteiger partial charge is 0.467 e. The van der Waals surface area contributed by atoms with E-state index in [0.717, 1.165) is 0 Å². The van der Waals surface area contributed by atoms with Gasteiger partial charge in [-0.15, -0.1) is 0 Å². The van der Waals surface area contributed by atoms with E-state index in [1.165, 1.54) is 6.26 Å². The lowest BCUT2D eigenvalue weighted by Gasteiger charge is -2.09. The van der Waals surface area contributed by atoms with E-state index >= 15 is 0 Å². The molecule has 1 heterocycles. The summed E-state index contributed by atoms with van der Waals surface area (Å²) in [5.41, 5.74) is 4.79. The molecule has 1 aromatic heterocycles. The van der Waals surface area contributed by atoms with Crippen LogP contribution >= 0.6 is 0 Å². The Morgan fingerprint density at radius 1 is 0.913 bits per heavy atom. The molecule has 23 heavy (non-hydrogen) atoms. The van der Waals surface area contributed by atoms with Crippen LogP contribution < -0.4 is 21.5 Å². The Hall–Kier alpha value is -3.29. The van der Waals surface area contributed by atoms with Crippen molar-refractivity contribution >= 4 is 17.8 Å². The average molecular weight is 316 g/mol. The van der Waals surface area contributed by atoms with Gasteiger partial charge in [-0.3, -0.25) is 15.0 Å². The normalized spacial score (nSPS) is 9.74. The number of carbonyl (C=O) groups is 3. The lowest BCUT2D eigenvalue weighted by Crippen LogP contribution is -2.49. The van der Waals surface area contributed by atoms with E-state index in [9.17, 15) is 14.4 Å². The molecule has 0 radical (unpaired) electrons. The summed E-state index contributed by atoms with van der Waals surface area (Å²) >= 11 is 0. The minimum absolute atomic E-state index is 0.228. The Kier molecular flexibility index (Phi) is 5.75. The van der Waals surface area contributed by atoms with Gasteiger partial charge in [-0.2, -0.15) is 0 Å². The van der Waals surface area contributed by atoms with Crippen LogP contribution in [0.5, 0.6) is 0 Å². The van der Waals surface area contributed by atoms with Gasteiger partial charge in [0.2, 0.25) is 5.91 Å². The molecule has 0 bridgehead atoms. The third-order valence-corrected chi connectivity index (χ3v) is 2.77. The Morgan fingerprint density at radius 3 is 2.39 bits per heavy atom. The van der Waals surface area contributed by atoms with E-state index in [2.05, 4.69) is 21.5 Å². The Bertz CT molecular complexity index is 655. The molecule has 0 aliphatic rings. The summed E-state index contributed by atoms with van der Waals surface area (Å²) in [6, 6.07) is 11.1. The second kappa shape index (κ2) is 8.23. The van der Waals surface area contributed by atoms with Gasteiger partial charge in [0.05, 0.1) is 19.4 Å². The summed E-state index contributed by atoms with van der Waals surface area (Å²) in [7, 11) is 0. The van der Waals surface area contributed by atoms with E-state index in [-0.39, 0.29) is 19.0 Å². The van der Waals surface area contributed by atoms with Crippen LogP contribution in [0.15, 0.2) is 53.1 Å². The van der Waals surface area contributed by atoms with Crippen LogP contribution in [-0.2, 0) is 11.3 Å². The zero-order valence-corrected chi connectivity index (χ0v) is 12.2. The Labute approximate surface area is 132 Å². The zero-order chi connectivity index (χ0) is 16.5. The zero-order valence-electron chi connectivity index (χ0n) is 12.2. The van der Waals surface area contributed by atoms with E-state index in [0.29, 0.717) is 11.3 Å². The van der Waals surface area contributed by atoms with Gasteiger partial charge in [0.25, 0.3) is 5.91 Å². The molecule has 0 atom stereocenters. The first kappa shape index (κ1) is 16.1. The van der Waals surface area contributed by atoms with Gasteiger partial charge in [0, 0.05) is 5.56 Å². The van der Waals surface area contributed by atoms with Gasteiger partial charge in [-0.1, -0.05) is 18.2 Å². The Morgan fingerprint density at radius 2 is 1.70 bits per heavy atom. The fourth-order valence-electron chi connectivity index (χ4n) is 1.64. The van der Waals surface area contributed by atoms with Crippen molar-refractivity contribution in [3.63, 3.8) is 0 Å². The van der Waals surface area contributed by atoms with E-state index in [1.54, 1.807) is 42.5 Å². The van der Waals surface area contributed by atoms with Crippen molar-refractivity contribution in [2.45, 2.75) is 6.54 Å². The summed E-state index contributed by atoms with van der Waals surface area (Å²) in [4.78, 5) is 34.7. The molecule has 0 fully saturated rings. The predicted octanol–water partition coefficient (Wildman–Crippen LogP) is 0.540. The van der Waals surface area contributed by atoms with Gasteiger partial charge in [0.15, 0.2) is 0 Å². The van der Waals surface area contributed by atoms with Crippen molar-refractivity contribution < 1.29 is 18.8 Å². The highest BCUT2D eigenvalue weighted by molar-refractivity contribution is 5.95. The maximum Gasteiger partial charge on any atom is 0.333 e. The second-order valence-electron chi connectivity index (χ2n) is 4.48. The van der Waals surface area contributed by atoms with Crippen LogP contribution in [0.4, 0.5) is 4.79 Å². The minimum Gasteiger partial charge on any atom is -0.467 e. The van der Waals surface area contributed by atoms with Gasteiger partial charge in [-0.05, 0) is 24.3 Å². The van der Waals surface area contributed by atoms with Gasteiger partial charge in [0.1, 0.15) is 5.76 Å². The third-order valence-electron chi connectivity index (χ3n) is 2.77. The van der Waals surface area contributed by atoms with Crippen molar-refractivity contribution in [1.29, 1.82) is 0 Å². The highest BCUT2D eigenvalue weighted by Gasteiger charge is 2.08. The van der Waals surface area contributed by atoms with Crippen molar-refractivity contribution in [3.8, 4) is 0 Å². The third kappa shape index (κ3) is 5.54. The lowest BCUT2D eigenvalue weighted by atomic mass is 10.2. The average Bonchev–Trinajstić information content (AvgIpc) is 3.10. The minimum atomic E-state index is -0.692. The molecule has 8 nitrogen and oxygen atoms in total. The fourth-order valence-corrected chi connectivity index (χ4v) is 1.64. The molecule has 0 aliphatic heterocycles. The lowest BCUT2D eigenvalue weighted by molar-refractivity contribution is -0.120. The number of urea groups is 1. The van der Waals surface area contributed by atoms with E-state index in [4.69, 9.17) is 4.42 Å². The number of furan rings is 1. The van der Waals surface area contributed by atoms with Crippen LogP contribution in [0, 0.1) is 0 Å². The first-order valence-corrected chi connectivity index (χ1v) is 6.83. The first-order valence-electron chi connectivity index (χ1n) is 6.83. The molecule has 4 N–H and O–H groups in total. The number of benzene rings is 1. The molecule has 0 saturated heterocycles. The molecule has 4 amide bonds. The SMILES string of the molecule is O=C(CNC(=O)NNC(=O)c1ccccc1)NCc1ccco1. The van der Waals surface area contributed by atoms with Crippen molar-refractivity contribution in [1.82, 2.24) is 21.5 Å². The van der Waals surface area contributed by atoms with Crippen molar-refractivity contribution in [2.75, 3.05) is 6.54 Å². The summed E-state index contributed by atoms with van der Waals surface area (Å²) in [5, 5.41) is 4.88. The molecule has 0 aliphatic carbocycles. The van der Waals surface area contributed by atoms with Gasteiger partial charge < -0.3 is 15.1 Å². The van der Waals surface area contributed by atoms with Gasteiger partial charge in [-0.25, -0.2) is 10.2 Å². The van der Waals surface area contributed by atoms with Crippen LogP contribution in [0.25, 0.3) is 0 Å². The van der Waals surface area contributed by atoms with E-state index in [1.807, 2.05) is 0 Å². The highest BCUT2D eigenvalue weighted by atomic mass is 16.3. The summed E-state index contributed by atoms with van der Waals surface area (Å²) < 4.78 is 5.05. The predicted molar refractivity (Wildman–Crippen MR) is 81.0 cm³/mol. The smallest absolute Gasteiger partial charge is 0.333 e. The Balaban J connectivity index is 1.63. The van der Waals surface area contributed by atoms with Crippen molar-refractivity contribution in [3.05, 3.63) is 60.1 Å². The van der Waals surface area contributed by atoms with Crippen LogP contribution in [-0.4, -0.2) is 24.4 Å². The maximum absolute atomic E-state index is 11.7. The quantitative estimate of drug-likeness (QED) is 0.603. The van der Waals surface area contributed by atoms with Crippen LogP contribution in [0.2, 0.25) is 0 Å². The highest BCUT2D eigenvalue weighted by Crippen LogP contribution is 1.98. The monoisotopic (exact) mass is 316 g/mol. The van der Waals surface area contributed by atoms with Crippen molar-refractivity contribution in [2.24, 2.45) is 0 Å². The molecular formula is C15H16N4O4. The molecule has 8 heteroatoms.